The van der Waals surface area contributed by atoms with E-state index in [0.29, 0.717) is 5.92 Å². The van der Waals surface area contributed by atoms with Crippen molar-refractivity contribution in [3.8, 4) is 0 Å². The summed E-state index contributed by atoms with van der Waals surface area (Å²) in [5.74, 6) is 0.444. The predicted octanol–water partition coefficient (Wildman–Crippen LogP) is 2.35. The zero-order chi connectivity index (χ0) is 6.81. The van der Waals surface area contributed by atoms with E-state index in [-0.39, 0.29) is 0 Å². The Bertz CT molecular complexity index is 247. The molecule has 0 bridgehead atoms. The van der Waals surface area contributed by atoms with Crippen LogP contribution in [0, 0.1) is 0 Å². The molecule has 0 amide bonds. The maximum absolute atomic E-state index is 4.21. The average molecular weight is 149 g/mol. The van der Waals surface area contributed by atoms with Gasteiger partial charge in [-0.3, -0.25) is 0 Å². The lowest BCUT2D eigenvalue weighted by molar-refractivity contribution is 1.06. The Morgan fingerprint density at radius 2 is 2.10 bits per heavy atom. The standard InChI is InChI=1S/C8H7NS/c1-2-4-7(3-1)8-9-5-6-10-8/h1-7H. The van der Waals surface area contributed by atoms with Crippen LogP contribution < -0.4 is 0 Å². The van der Waals surface area contributed by atoms with E-state index in [2.05, 4.69) is 29.3 Å². The summed E-state index contributed by atoms with van der Waals surface area (Å²) >= 11 is 1.71. The minimum atomic E-state index is 0.444. The minimum absolute atomic E-state index is 0.444. The van der Waals surface area contributed by atoms with Gasteiger partial charge in [0.15, 0.2) is 0 Å². The van der Waals surface area contributed by atoms with E-state index < -0.39 is 0 Å². The molecule has 0 radical (unpaired) electrons. The van der Waals surface area contributed by atoms with Gasteiger partial charge < -0.3 is 0 Å². The summed E-state index contributed by atoms with van der Waals surface area (Å²) in [6.07, 6.45) is 10.3. The first kappa shape index (κ1) is 5.86. The molecule has 2 rings (SSSR count). The molecule has 0 aromatic carbocycles. The Balaban J connectivity index is 2.29. The highest BCUT2D eigenvalue weighted by Crippen LogP contribution is 2.23. The van der Waals surface area contributed by atoms with Crippen LogP contribution in [0.5, 0.6) is 0 Å². The van der Waals surface area contributed by atoms with Crippen LogP contribution in [0.4, 0.5) is 0 Å². The summed E-state index contributed by atoms with van der Waals surface area (Å²) in [7, 11) is 0. The average Bonchev–Trinajstić information content (AvgIpc) is 2.59. The fourth-order valence-corrected chi connectivity index (χ4v) is 1.69. The molecule has 10 heavy (non-hydrogen) atoms. The van der Waals surface area contributed by atoms with Crippen molar-refractivity contribution in [2.24, 2.45) is 0 Å². The molecule has 0 atom stereocenters. The van der Waals surface area contributed by atoms with Crippen molar-refractivity contribution in [2.75, 3.05) is 0 Å². The van der Waals surface area contributed by atoms with Gasteiger partial charge in [-0.05, 0) is 0 Å². The van der Waals surface area contributed by atoms with Crippen LogP contribution in [0.25, 0.3) is 0 Å². The Kier molecular flexibility index (Phi) is 1.40. The Morgan fingerprint density at radius 3 is 2.70 bits per heavy atom. The largest absolute Gasteiger partial charge is 0.249 e. The summed E-state index contributed by atoms with van der Waals surface area (Å²) in [4.78, 5) is 4.21. The number of allylic oxidation sites excluding steroid dienone is 4. The summed E-state index contributed by atoms with van der Waals surface area (Å²) in [5, 5.41) is 3.19. The highest BCUT2D eigenvalue weighted by atomic mass is 32.1. The molecule has 1 aromatic rings. The minimum Gasteiger partial charge on any atom is -0.249 e. The maximum atomic E-state index is 4.21. The Labute approximate surface area is 63.7 Å². The van der Waals surface area contributed by atoms with Crippen molar-refractivity contribution in [2.45, 2.75) is 5.92 Å². The number of nitrogens with zero attached hydrogens (tertiary/aromatic N) is 1. The van der Waals surface area contributed by atoms with Gasteiger partial charge >= 0.3 is 0 Å². The van der Waals surface area contributed by atoms with Crippen molar-refractivity contribution in [1.29, 1.82) is 0 Å². The topological polar surface area (TPSA) is 12.9 Å². The van der Waals surface area contributed by atoms with Gasteiger partial charge in [0.25, 0.3) is 0 Å². The van der Waals surface area contributed by atoms with E-state index in [1.165, 1.54) is 5.01 Å². The van der Waals surface area contributed by atoms with Gasteiger partial charge in [-0.2, -0.15) is 0 Å². The second kappa shape index (κ2) is 2.39. The van der Waals surface area contributed by atoms with Gasteiger partial charge in [-0.1, -0.05) is 24.3 Å². The molecule has 1 aliphatic carbocycles. The van der Waals surface area contributed by atoms with Crippen molar-refractivity contribution in [3.05, 3.63) is 40.9 Å². The van der Waals surface area contributed by atoms with Gasteiger partial charge in [0.1, 0.15) is 5.01 Å². The first-order chi connectivity index (χ1) is 4.97. The van der Waals surface area contributed by atoms with E-state index in [1.54, 1.807) is 11.3 Å². The van der Waals surface area contributed by atoms with E-state index in [9.17, 15) is 0 Å². The lowest BCUT2D eigenvalue weighted by Gasteiger charge is -1.96. The Hall–Kier alpha value is -0.890. The van der Waals surface area contributed by atoms with Crippen LogP contribution in [-0.2, 0) is 0 Å². The van der Waals surface area contributed by atoms with E-state index >= 15 is 0 Å². The summed E-state index contributed by atoms with van der Waals surface area (Å²) in [6, 6.07) is 0. The zero-order valence-electron chi connectivity index (χ0n) is 5.40. The number of hydrogen-bond acceptors (Lipinski definition) is 2. The fourth-order valence-electron chi connectivity index (χ4n) is 0.996. The second-order valence-corrected chi connectivity index (χ2v) is 3.09. The van der Waals surface area contributed by atoms with Gasteiger partial charge in [-0.25, -0.2) is 4.98 Å². The lowest BCUT2D eigenvalue weighted by atomic mass is 10.2. The molecule has 1 nitrogen and oxygen atoms in total. The van der Waals surface area contributed by atoms with Gasteiger partial charge in [0.2, 0.25) is 0 Å². The van der Waals surface area contributed by atoms with Crippen LogP contribution in [-0.4, -0.2) is 4.98 Å². The molecule has 50 valence electrons. The SMILES string of the molecule is C1=CC(c2nccs2)C=C1. The summed E-state index contributed by atoms with van der Waals surface area (Å²) in [5.41, 5.74) is 0. The van der Waals surface area contributed by atoms with Crippen LogP contribution >= 0.6 is 11.3 Å². The molecule has 0 unspecified atom stereocenters. The third kappa shape index (κ3) is 0.907. The maximum Gasteiger partial charge on any atom is 0.103 e. The first-order valence-corrected chi connectivity index (χ1v) is 4.09. The molecule has 0 fully saturated rings. The first-order valence-electron chi connectivity index (χ1n) is 3.21. The third-order valence-electron chi connectivity index (χ3n) is 1.48. The van der Waals surface area contributed by atoms with Gasteiger partial charge in [0, 0.05) is 17.5 Å². The van der Waals surface area contributed by atoms with Gasteiger partial charge in [0.05, 0.1) is 0 Å². The summed E-state index contributed by atoms with van der Waals surface area (Å²) < 4.78 is 0. The molecule has 0 saturated heterocycles. The third-order valence-corrected chi connectivity index (χ3v) is 2.36. The molecule has 0 aliphatic heterocycles. The highest BCUT2D eigenvalue weighted by Gasteiger charge is 2.07. The molecular formula is C8H7NS. The molecule has 2 heteroatoms. The smallest absolute Gasteiger partial charge is 0.103 e. The van der Waals surface area contributed by atoms with Crippen molar-refractivity contribution < 1.29 is 0 Å². The van der Waals surface area contributed by atoms with Crippen LogP contribution in [0.2, 0.25) is 0 Å². The van der Waals surface area contributed by atoms with Crippen molar-refractivity contribution in [1.82, 2.24) is 4.98 Å². The highest BCUT2D eigenvalue weighted by molar-refractivity contribution is 7.09. The number of thiazole rings is 1. The lowest BCUT2D eigenvalue weighted by Crippen LogP contribution is -1.84. The Morgan fingerprint density at radius 1 is 1.30 bits per heavy atom. The van der Waals surface area contributed by atoms with E-state index in [4.69, 9.17) is 0 Å². The molecule has 1 heterocycles. The molecule has 0 N–H and O–H groups in total. The van der Waals surface area contributed by atoms with E-state index in [1.807, 2.05) is 11.6 Å². The summed E-state index contributed by atoms with van der Waals surface area (Å²) in [6.45, 7) is 0. The molecule has 1 aliphatic rings. The zero-order valence-corrected chi connectivity index (χ0v) is 6.21. The monoisotopic (exact) mass is 149 g/mol. The number of hydrogen-bond donors (Lipinski definition) is 0. The second-order valence-electron chi connectivity index (χ2n) is 2.17. The van der Waals surface area contributed by atoms with Crippen LogP contribution in [0.1, 0.15) is 10.9 Å². The van der Waals surface area contributed by atoms with Crippen LogP contribution in [0.15, 0.2) is 35.9 Å². The molecular weight excluding hydrogens is 142 g/mol. The fraction of sp³-hybridized carbons (Fsp3) is 0.125. The molecule has 0 spiro atoms. The van der Waals surface area contributed by atoms with Gasteiger partial charge in [-0.15, -0.1) is 11.3 Å². The van der Waals surface area contributed by atoms with E-state index in [0.717, 1.165) is 0 Å². The number of aromatic nitrogens is 1. The van der Waals surface area contributed by atoms with Crippen LogP contribution in [0.3, 0.4) is 0 Å². The van der Waals surface area contributed by atoms with Crippen molar-refractivity contribution in [3.63, 3.8) is 0 Å². The van der Waals surface area contributed by atoms with Crippen molar-refractivity contribution >= 4 is 11.3 Å². The predicted molar refractivity (Wildman–Crippen MR) is 43.1 cm³/mol. The number of rotatable bonds is 1. The molecule has 1 aromatic heterocycles. The quantitative estimate of drug-likeness (QED) is 0.597. The molecule has 0 saturated carbocycles. The normalized spacial score (nSPS) is 16.8.